The molecule has 1 atom stereocenters. The molecule has 0 aliphatic heterocycles. The van der Waals surface area contributed by atoms with Gasteiger partial charge in [0.1, 0.15) is 5.82 Å². The maximum absolute atomic E-state index is 13.1. The summed E-state index contributed by atoms with van der Waals surface area (Å²) in [6, 6.07) is 6.97. The van der Waals surface area contributed by atoms with Gasteiger partial charge in [-0.2, -0.15) is 0 Å². The summed E-state index contributed by atoms with van der Waals surface area (Å²) in [5.74, 6) is -0.224. The number of hydrogen-bond acceptors (Lipinski definition) is 1. The topological polar surface area (TPSA) is 0 Å². The zero-order valence-corrected chi connectivity index (χ0v) is 13.4. The van der Waals surface area contributed by atoms with Gasteiger partial charge in [-0.15, -0.1) is 11.3 Å². The van der Waals surface area contributed by atoms with Gasteiger partial charge < -0.3 is 0 Å². The number of alkyl halides is 1. The highest BCUT2D eigenvalue weighted by Gasteiger charge is 2.17. The second-order valence-electron chi connectivity index (χ2n) is 3.90. The van der Waals surface area contributed by atoms with Crippen LogP contribution in [0.2, 0.25) is 0 Å². The van der Waals surface area contributed by atoms with Crippen LogP contribution in [0.4, 0.5) is 4.39 Å². The van der Waals surface area contributed by atoms with E-state index in [1.54, 1.807) is 11.3 Å². The normalized spacial score (nSPS) is 12.8. The lowest BCUT2D eigenvalue weighted by Gasteiger charge is -2.12. The van der Waals surface area contributed by atoms with Gasteiger partial charge in [-0.25, -0.2) is 4.39 Å². The zero-order valence-electron chi connectivity index (χ0n) is 9.43. The van der Waals surface area contributed by atoms with Crippen molar-refractivity contribution in [3.8, 4) is 0 Å². The molecule has 0 fully saturated rings. The third-order valence-electron chi connectivity index (χ3n) is 2.59. The van der Waals surface area contributed by atoms with Crippen LogP contribution >= 0.6 is 43.2 Å². The Hall–Kier alpha value is -0.190. The SMILES string of the molecule is Cc1cc(C(Br)c2ccc(F)cc2Br)c(C)s1. The number of hydrogen-bond donors (Lipinski definition) is 0. The Bertz CT molecular complexity index is 548. The molecule has 0 saturated carbocycles. The van der Waals surface area contributed by atoms with Crippen molar-refractivity contribution in [2.45, 2.75) is 18.7 Å². The Kier molecular flexibility index (Phi) is 4.06. The zero-order chi connectivity index (χ0) is 12.6. The number of rotatable bonds is 2. The monoisotopic (exact) mass is 376 g/mol. The molecule has 90 valence electrons. The van der Waals surface area contributed by atoms with E-state index in [-0.39, 0.29) is 10.6 Å². The quantitative estimate of drug-likeness (QED) is 0.584. The Morgan fingerprint density at radius 3 is 2.41 bits per heavy atom. The molecule has 0 saturated heterocycles. The molecule has 0 nitrogen and oxygen atoms in total. The van der Waals surface area contributed by atoms with Crippen LogP contribution in [0.25, 0.3) is 0 Å². The number of halogens is 3. The largest absolute Gasteiger partial charge is 0.207 e. The molecule has 0 aliphatic rings. The Labute approximate surface area is 121 Å². The lowest BCUT2D eigenvalue weighted by atomic mass is 10.1. The molecule has 1 aromatic carbocycles. The highest BCUT2D eigenvalue weighted by Crippen LogP contribution is 2.39. The molecule has 0 aliphatic carbocycles. The van der Waals surface area contributed by atoms with Gasteiger partial charge in [0.25, 0.3) is 0 Å². The maximum atomic E-state index is 13.1. The molecule has 4 heteroatoms. The molecule has 0 radical (unpaired) electrons. The van der Waals surface area contributed by atoms with Crippen LogP contribution in [0.5, 0.6) is 0 Å². The first-order valence-electron chi connectivity index (χ1n) is 5.15. The van der Waals surface area contributed by atoms with Gasteiger partial charge in [-0.1, -0.05) is 37.9 Å². The van der Waals surface area contributed by atoms with Crippen molar-refractivity contribution in [1.29, 1.82) is 0 Å². The van der Waals surface area contributed by atoms with Gasteiger partial charge in [-0.05, 0) is 43.2 Å². The fourth-order valence-electron chi connectivity index (χ4n) is 1.78. The van der Waals surface area contributed by atoms with Crippen LogP contribution in [-0.2, 0) is 0 Å². The molecule has 0 N–H and O–H groups in total. The molecule has 0 bridgehead atoms. The Morgan fingerprint density at radius 1 is 1.18 bits per heavy atom. The minimum Gasteiger partial charge on any atom is -0.207 e. The number of benzene rings is 1. The van der Waals surface area contributed by atoms with Crippen LogP contribution < -0.4 is 0 Å². The lowest BCUT2D eigenvalue weighted by molar-refractivity contribution is 0.626. The first kappa shape index (κ1) is 13.2. The van der Waals surface area contributed by atoms with Gasteiger partial charge >= 0.3 is 0 Å². The molecule has 1 heterocycles. The van der Waals surface area contributed by atoms with Crippen LogP contribution in [0.15, 0.2) is 28.7 Å². The molecule has 0 amide bonds. The molecule has 1 unspecified atom stereocenters. The third-order valence-corrected chi connectivity index (χ3v) is 5.24. The summed E-state index contributed by atoms with van der Waals surface area (Å²) in [6.07, 6.45) is 0. The van der Waals surface area contributed by atoms with E-state index in [1.165, 1.54) is 27.5 Å². The second-order valence-corrected chi connectivity index (χ2v) is 7.13. The highest BCUT2D eigenvalue weighted by molar-refractivity contribution is 9.11. The van der Waals surface area contributed by atoms with Crippen molar-refractivity contribution in [2.24, 2.45) is 0 Å². The fourth-order valence-corrected chi connectivity index (χ4v) is 4.65. The van der Waals surface area contributed by atoms with Crippen molar-refractivity contribution in [1.82, 2.24) is 0 Å². The van der Waals surface area contributed by atoms with Crippen molar-refractivity contribution in [2.75, 3.05) is 0 Å². The molecule has 1 aromatic heterocycles. The maximum Gasteiger partial charge on any atom is 0.124 e. The smallest absolute Gasteiger partial charge is 0.124 e. The minimum absolute atomic E-state index is 0.0995. The predicted octanol–water partition coefficient (Wildman–Crippen LogP) is 5.75. The summed E-state index contributed by atoms with van der Waals surface area (Å²) in [7, 11) is 0. The van der Waals surface area contributed by atoms with Gasteiger partial charge in [0.05, 0.1) is 4.83 Å². The van der Waals surface area contributed by atoms with Crippen LogP contribution in [0.3, 0.4) is 0 Å². The standard InChI is InChI=1S/C13H11Br2FS/c1-7-5-11(8(2)17-7)13(15)10-4-3-9(16)6-12(10)14/h3-6,13H,1-2H3. The van der Waals surface area contributed by atoms with E-state index in [2.05, 4.69) is 51.8 Å². The van der Waals surface area contributed by atoms with Crippen molar-refractivity contribution in [3.05, 3.63) is 55.4 Å². The minimum atomic E-state index is -0.224. The Morgan fingerprint density at radius 2 is 1.88 bits per heavy atom. The van der Waals surface area contributed by atoms with E-state index >= 15 is 0 Å². The summed E-state index contributed by atoms with van der Waals surface area (Å²) in [6.45, 7) is 4.21. The lowest BCUT2D eigenvalue weighted by Crippen LogP contribution is -1.94. The summed E-state index contributed by atoms with van der Waals surface area (Å²) < 4.78 is 13.8. The first-order valence-corrected chi connectivity index (χ1v) is 7.67. The van der Waals surface area contributed by atoms with E-state index in [0.717, 1.165) is 10.0 Å². The second kappa shape index (κ2) is 5.21. The summed E-state index contributed by atoms with van der Waals surface area (Å²) in [5.41, 5.74) is 2.30. The molecule has 0 spiro atoms. The van der Waals surface area contributed by atoms with Gasteiger partial charge in [0.2, 0.25) is 0 Å². The van der Waals surface area contributed by atoms with Crippen molar-refractivity contribution >= 4 is 43.2 Å². The summed E-state index contributed by atoms with van der Waals surface area (Å²) in [5, 5.41) is 0. The molecule has 17 heavy (non-hydrogen) atoms. The van der Waals surface area contributed by atoms with Crippen LogP contribution in [0, 0.1) is 19.7 Å². The van der Waals surface area contributed by atoms with Gasteiger partial charge in [-0.3, -0.25) is 0 Å². The van der Waals surface area contributed by atoms with E-state index in [9.17, 15) is 4.39 Å². The van der Waals surface area contributed by atoms with E-state index in [1.807, 2.05) is 6.07 Å². The van der Waals surface area contributed by atoms with E-state index in [4.69, 9.17) is 0 Å². The fraction of sp³-hybridized carbons (Fsp3) is 0.231. The van der Waals surface area contributed by atoms with Crippen molar-refractivity contribution < 1.29 is 4.39 Å². The highest BCUT2D eigenvalue weighted by atomic mass is 79.9. The van der Waals surface area contributed by atoms with Gasteiger partial charge in [0.15, 0.2) is 0 Å². The molecule has 2 rings (SSSR count). The number of aryl methyl sites for hydroxylation is 2. The Balaban J connectivity index is 2.43. The summed E-state index contributed by atoms with van der Waals surface area (Å²) in [4.78, 5) is 2.68. The van der Waals surface area contributed by atoms with E-state index < -0.39 is 0 Å². The average molecular weight is 378 g/mol. The van der Waals surface area contributed by atoms with E-state index in [0.29, 0.717) is 0 Å². The first-order chi connectivity index (χ1) is 7.99. The molecular weight excluding hydrogens is 367 g/mol. The van der Waals surface area contributed by atoms with Gasteiger partial charge in [0, 0.05) is 14.2 Å². The van der Waals surface area contributed by atoms with Crippen molar-refractivity contribution in [3.63, 3.8) is 0 Å². The predicted molar refractivity (Wildman–Crippen MR) is 78.7 cm³/mol. The summed E-state index contributed by atoms with van der Waals surface area (Å²) >= 11 is 8.88. The van der Waals surface area contributed by atoms with Crippen LogP contribution in [-0.4, -0.2) is 0 Å². The molecular formula is C13H11Br2FS. The third kappa shape index (κ3) is 2.80. The number of thiophene rings is 1. The average Bonchev–Trinajstić information content (AvgIpc) is 2.57. The molecule has 2 aromatic rings. The van der Waals surface area contributed by atoms with Crippen LogP contribution in [0.1, 0.15) is 25.7 Å².